The van der Waals surface area contributed by atoms with Crippen LogP contribution < -0.4 is 5.32 Å². The molecule has 1 unspecified atom stereocenters. The molecule has 0 aliphatic heterocycles. The van der Waals surface area contributed by atoms with E-state index in [1.807, 2.05) is 18.2 Å². The highest BCUT2D eigenvalue weighted by Crippen LogP contribution is 2.25. The zero-order valence-corrected chi connectivity index (χ0v) is 11.5. The molecule has 0 aliphatic rings. The van der Waals surface area contributed by atoms with Crippen LogP contribution in [0.4, 0.5) is 5.69 Å². The third-order valence-electron chi connectivity index (χ3n) is 3.43. The molecule has 0 heterocycles. The topological polar surface area (TPSA) is 32.3 Å². The Morgan fingerprint density at radius 3 is 2.16 bits per heavy atom. The van der Waals surface area contributed by atoms with Gasteiger partial charge < -0.3 is 10.4 Å². The minimum atomic E-state index is 0.300. The number of anilines is 1. The van der Waals surface area contributed by atoms with Gasteiger partial charge in [-0.2, -0.15) is 0 Å². The first-order valence-corrected chi connectivity index (χ1v) is 6.74. The third-order valence-corrected chi connectivity index (χ3v) is 3.43. The Kier molecular flexibility index (Phi) is 4.45. The van der Waals surface area contributed by atoms with Crippen molar-refractivity contribution in [2.75, 3.05) is 11.9 Å². The van der Waals surface area contributed by atoms with Crippen LogP contribution in [-0.4, -0.2) is 11.7 Å². The summed E-state index contributed by atoms with van der Waals surface area (Å²) in [5.74, 6) is 1.36. The average molecular weight is 255 g/mol. The van der Waals surface area contributed by atoms with Gasteiger partial charge in [0.05, 0.1) is 0 Å². The average Bonchev–Trinajstić information content (AvgIpc) is 2.42. The minimum absolute atomic E-state index is 0.300. The summed E-state index contributed by atoms with van der Waals surface area (Å²) in [5.41, 5.74) is 2.41. The van der Waals surface area contributed by atoms with E-state index in [9.17, 15) is 5.11 Å². The number of nitrogens with one attached hydrogen (secondary N) is 1. The summed E-state index contributed by atoms with van der Waals surface area (Å²) >= 11 is 0. The van der Waals surface area contributed by atoms with Crippen molar-refractivity contribution in [3.8, 4) is 5.75 Å². The maximum Gasteiger partial charge on any atom is 0.115 e. The summed E-state index contributed by atoms with van der Waals surface area (Å²) in [4.78, 5) is 0. The molecule has 19 heavy (non-hydrogen) atoms. The van der Waals surface area contributed by atoms with Gasteiger partial charge in [0.2, 0.25) is 0 Å². The molecule has 0 radical (unpaired) electrons. The molecule has 2 heteroatoms. The molecule has 100 valence electrons. The SMILES string of the molecule is CC(C)C(CNc1ccc(O)cc1)c1ccccc1. The molecule has 0 spiro atoms. The van der Waals surface area contributed by atoms with Crippen LogP contribution >= 0.6 is 0 Å². The predicted molar refractivity (Wildman–Crippen MR) is 80.6 cm³/mol. The molecule has 0 saturated carbocycles. The highest BCUT2D eigenvalue weighted by atomic mass is 16.3. The van der Waals surface area contributed by atoms with Crippen LogP contribution in [0.1, 0.15) is 25.3 Å². The fraction of sp³-hybridized carbons (Fsp3) is 0.294. The molecule has 0 aromatic heterocycles. The van der Waals surface area contributed by atoms with Gasteiger partial charge in [-0.25, -0.2) is 0 Å². The van der Waals surface area contributed by atoms with E-state index in [1.54, 1.807) is 12.1 Å². The Hall–Kier alpha value is -1.96. The number of hydrogen-bond donors (Lipinski definition) is 2. The van der Waals surface area contributed by atoms with Gasteiger partial charge in [0.25, 0.3) is 0 Å². The van der Waals surface area contributed by atoms with Crippen molar-refractivity contribution in [1.82, 2.24) is 0 Å². The second-order valence-corrected chi connectivity index (χ2v) is 5.19. The van der Waals surface area contributed by atoms with Gasteiger partial charge in [-0.05, 0) is 35.7 Å². The minimum Gasteiger partial charge on any atom is -0.508 e. The first-order valence-electron chi connectivity index (χ1n) is 6.74. The molecule has 2 nitrogen and oxygen atoms in total. The summed E-state index contributed by atoms with van der Waals surface area (Å²) in [6.45, 7) is 5.39. The second-order valence-electron chi connectivity index (χ2n) is 5.19. The number of hydrogen-bond acceptors (Lipinski definition) is 2. The predicted octanol–water partition coefficient (Wildman–Crippen LogP) is 4.24. The van der Waals surface area contributed by atoms with E-state index in [4.69, 9.17) is 0 Å². The number of aromatic hydroxyl groups is 1. The van der Waals surface area contributed by atoms with Crippen molar-refractivity contribution in [3.63, 3.8) is 0 Å². The summed E-state index contributed by atoms with van der Waals surface area (Å²) in [6.07, 6.45) is 0. The van der Waals surface area contributed by atoms with E-state index in [2.05, 4.69) is 43.4 Å². The lowest BCUT2D eigenvalue weighted by Gasteiger charge is -2.22. The number of phenolic OH excluding ortho intramolecular Hbond substituents is 1. The van der Waals surface area contributed by atoms with Crippen molar-refractivity contribution in [2.45, 2.75) is 19.8 Å². The zero-order chi connectivity index (χ0) is 13.7. The molecule has 0 saturated heterocycles. The van der Waals surface area contributed by atoms with Crippen LogP contribution in [0.3, 0.4) is 0 Å². The zero-order valence-electron chi connectivity index (χ0n) is 11.5. The summed E-state index contributed by atoms with van der Waals surface area (Å²) in [7, 11) is 0. The molecular formula is C17H21NO. The molecule has 1 atom stereocenters. The molecule has 2 rings (SSSR count). The highest BCUT2D eigenvalue weighted by molar-refractivity contribution is 5.46. The lowest BCUT2D eigenvalue weighted by atomic mass is 9.88. The molecule has 0 aliphatic carbocycles. The Labute approximate surface area is 115 Å². The fourth-order valence-electron chi connectivity index (χ4n) is 2.25. The first kappa shape index (κ1) is 13.5. The third kappa shape index (κ3) is 3.75. The van der Waals surface area contributed by atoms with E-state index in [-0.39, 0.29) is 0 Å². The maximum atomic E-state index is 9.27. The van der Waals surface area contributed by atoms with Crippen LogP contribution in [0.5, 0.6) is 5.75 Å². The summed E-state index contributed by atoms with van der Waals surface area (Å²) < 4.78 is 0. The molecule has 0 amide bonds. The largest absolute Gasteiger partial charge is 0.508 e. The fourth-order valence-corrected chi connectivity index (χ4v) is 2.25. The van der Waals surface area contributed by atoms with Crippen molar-refractivity contribution in [3.05, 3.63) is 60.2 Å². The molecule has 0 fully saturated rings. The van der Waals surface area contributed by atoms with E-state index in [1.165, 1.54) is 5.56 Å². The Bertz CT molecular complexity index is 490. The highest BCUT2D eigenvalue weighted by Gasteiger charge is 2.15. The van der Waals surface area contributed by atoms with Crippen molar-refractivity contribution in [1.29, 1.82) is 0 Å². The first-order chi connectivity index (χ1) is 9.16. The quantitative estimate of drug-likeness (QED) is 0.783. The van der Waals surface area contributed by atoms with Crippen molar-refractivity contribution < 1.29 is 5.11 Å². The summed E-state index contributed by atoms with van der Waals surface area (Å²) in [6, 6.07) is 17.8. The maximum absolute atomic E-state index is 9.27. The Balaban J connectivity index is 2.04. The Morgan fingerprint density at radius 2 is 1.58 bits per heavy atom. The van der Waals surface area contributed by atoms with Gasteiger partial charge >= 0.3 is 0 Å². The van der Waals surface area contributed by atoms with Crippen molar-refractivity contribution >= 4 is 5.69 Å². The van der Waals surface area contributed by atoms with Crippen molar-refractivity contribution in [2.24, 2.45) is 5.92 Å². The lowest BCUT2D eigenvalue weighted by molar-refractivity contribution is 0.475. The standard InChI is InChI=1S/C17H21NO/c1-13(2)17(14-6-4-3-5-7-14)12-18-15-8-10-16(19)11-9-15/h3-11,13,17-19H,12H2,1-2H3. The normalized spacial score (nSPS) is 12.4. The van der Waals surface area contributed by atoms with Gasteiger partial charge in [0.1, 0.15) is 5.75 Å². The van der Waals surface area contributed by atoms with Gasteiger partial charge in [0, 0.05) is 18.2 Å². The number of phenols is 1. The molecular weight excluding hydrogens is 234 g/mol. The second kappa shape index (κ2) is 6.28. The van der Waals surface area contributed by atoms with Crippen LogP contribution in [-0.2, 0) is 0 Å². The van der Waals surface area contributed by atoms with E-state index >= 15 is 0 Å². The van der Waals surface area contributed by atoms with Crippen LogP contribution in [0.15, 0.2) is 54.6 Å². The molecule has 0 bridgehead atoms. The van der Waals surface area contributed by atoms with Gasteiger partial charge in [-0.1, -0.05) is 44.2 Å². The molecule has 2 N–H and O–H groups in total. The van der Waals surface area contributed by atoms with E-state index in [0.717, 1.165) is 12.2 Å². The molecule has 2 aromatic rings. The molecule has 2 aromatic carbocycles. The van der Waals surface area contributed by atoms with Gasteiger partial charge in [-0.15, -0.1) is 0 Å². The lowest BCUT2D eigenvalue weighted by Crippen LogP contribution is -2.17. The van der Waals surface area contributed by atoms with Crippen LogP contribution in [0, 0.1) is 5.92 Å². The summed E-state index contributed by atoms with van der Waals surface area (Å²) in [5, 5.41) is 12.7. The Morgan fingerprint density at radius 1 is 0.947 bits per heavy atom. The van der Waals surface area contributed by atoms with Crippen LogP contribution in [0.25, 0.3) is 0 Å². The smallest absolute Gasteiger partial charge is 0.115 e. The van der Waals surface area contributed by atoms with E-state index < -0.39 is 0 Å². The van der Waals surface area contributed by atoms with Gasteiger partial charge in [0.15, 0.2) is 0 Å². The van der Waals surface area contributed by atoms with E-state index in [0.29, 0.717) is 17.6 Å². The van der Waals surface area contributed by atoms with Crippen LogP contribution in [0.2, 0.25) is 0 Å². The number of benzene rings is 2. The number of rotatable bonds is 5. The monoisotopic (exact) mass is 255 g/mol. The van der Waals surface area contributed by atoms with Gasteiger partial charge in [-0.3, -0.25) is 0 Å².